The number of hydrogen-bond acceptors (Lipinski definition) is 16. The number of nitrogens with zero attached hydrogens (tertiary/aromatic N) is 2. The molecule has 67 heavy (non-hydrogen) atoms. The molecule has 0 unspecified atom stereocenters. The van der Waals surface area contributed by atoms with Crippen molar-refractivity contribution >= 4 is 49.1 Å². The van der Waals surface area contributed by atoms with Gasteiger partial charge in [-0.05, 0) is 66.5 Å². The number of amides is 4. The number of fused-ring (bicyclic) bond motifs is 3. The smallest absolute Gasteiger partial charge is 0.264 e. The predicted molar refractivity (Wildman–Crippen MR) is 233 cm³/mol. The molecule has 5 aliphatic heterocycles. The molecule has 20 nitrogen and oxygen atoms in total. The molecule has 0 aliphatic carbocycles. The number of aliphatic hydroxyl groups is 9. The molecule has 3 aromatic carbocycles. The van der Waals surface area contributed by atoms with E-state index in [1.54, 1.807) is 24.0 Å². The van der Waals surface area contributed by atoms with Crippen LogP contribution in [0.3, 0.4) is 0 Å². The number of nitrogens with one attached hydrogen (secondary N) is 2. The zero-order chi connectivity index (χ0) is 48.4. The fourth-order valence-electron chi connectivity index (χ4n) is 10.3. The summed E-state index contributed by atoms with van der Waals surface area (Å²) in [5.41, 5.74) is 0.314. The SMILES string of the molecule is C[C@H]1[C@H]([Si](C)(C)F)[C@@H](CC(=O)N2Cc3ccccc3C[C@H]2CO)O[C@]12C(=O)N(Cc1ccc(NC(=O)[C@H]3O[C@@H](O)[C@H](O)[C@@H](O)[C@@H]3O)cc1)c1ccc(NC(=O)[C@H]3O[C@@H](O)[C@H](O)[C@@H](O)[C@@H]3O)cc12. The highest BCUT2D eigenvalue weighted by atomic mass is 28.4. The van der Waals surface area contributed by atoms with Crippen LogP contribution in [0.5, 0.6) is 0 Å². The quantitative estimate of drug-likeness (QED) is 0.0842. The topological polar surface area (TPSA) is 309 Å². The molecule has 4 amide bonds. The molecule has 362 valence electrons. The zero-order valence-corrected chi connectivity index (χ0v) is 37.6. The Morgan fingerprint density at radius 1 is 0.776 bits per heavy atom. The average molecular weight is 955 g/mol. The van der Waals surface area contributed by atoms with Crippen molar-refractivity contribution in [2.45, 2.75) is 131 Å². The fourth-order valence-corrected chi connectivity index (χ4v) is 12.8. The van der Waals surface area contributed by atoms with Crippen molar-refractivity contribution in [2.24, 2.45) is 5.92 Å². The summed E-state index contributed by atoms with van der Waals surface area (Å²) in [6.45, 7) is 4.40. The summed E-state index contributed by atoms with van der Waals surface area (Å²) in [4.78, 5) is 59.1. The number of carbonyl (C=O) groups excluding carboxylic acids is 4. The zero-order valence-electron chi connectivity index (χ0n) is 36.6. The van der Waals surface area contributed by atoms with Crippen molar-refractivity contribution in [1.29, 1.82) is 0 Å². The molecule has 5 heterocycles. The van der Waals surface area contributed by atoms with Crippen LogP contribution in [0.15, 0.2) is 66.7 Å². The number of anilines is 3. The molecule has 15 atom stereocenters. The number of ether oxygens (including phenoxy) is 3. The second-order valence-electron chi connectivity index (χ2n) is 18.4. The summed E-state index contributed by atoms with van der Waals surface area (Å²) >= 11 is 0. The van der Waals surface area contributed by atoms with Gasteiger partial charge in [-0.25, -0.2) is 0 Å². The lowest BCUT2D eigenvalue weighted by Crippen LogP contribution is -2.60. The van der Waals surface area contributed by atoms with Crippen LogP contribution in [0.2, 0.25) is 18.6 Å². The van der Waals surface area contributed by atoms with Crippen molar-refractivity contribution in [2.75, 3.05) is 22.1 Å². The Kier molecular flexibility index (Phi) is 13.5. The van der Waals surface area contributed by atoms with Crippen molar-refractivity contribution in [3.63, 3.8) is 0 Å². The number of hydrogen-bond donors (Lipinski definition) is 11. The lowest BCUT2D eigenvalue weighted by Gasteiger charge is -2.37. The Labute approximate surface area is 384 Å². The summed E-state index contributed by atoms with van der Waals surface area (Å²) < 4.78 is 33.8. The lowest BCUT2D eigenvalue weighted by molar-refractivity contribution is -0.274. The van der Waals surface area contributed by atoms with Crippen molar-refractivity contribution in [1.82, 2.24) is 4.90 Å². The Morgan fingerprint density at radius 2 is 1.33 bits per heavy atom. The number of rotatable bonds is 10. The minimum absolute atomic E-state index is 0.0479. The minimum atomic E-state index is -3.82. The van der Waals surface area contributed by atoms with E-state index in [1.807, 2.05) is 24.3 Å². The number of halogens is 1. The molecule has 1 spiro atoms. The molecule has 0 radical (unpaired) electrons. The van der Waals surface area contributed by atoms with E-state index in [1.165, 1.54) is 48.3 Å². The van der Waals surface area contributed by atoms with Crippen molar-refractivity contribution < 1.29 is 83.5 Å². The molecule has 3 fully saturated rings. The molecule has 0 aromatic heterocycles. The summed E-state index contributed by atoms with van der Waals surface area (Å²) in [5, 5.41) is 96.4. The van der Waals surface area contributed by atoms with Crippen LogP contribution < -0.4 is 15.5 Å². The van der Waals surface area contributed by atoms with Gasteiger partial charge in [0.05, 0.1) is 37.4 Å². The highest BCUT2D eigenvalue weighted by Gasteiger charge is 2.67. The molecule has 0 saturated carbocycles. The third kappa shape index (κ3) is 8.79. The first-order valence-electron chi connectivity index (χ1n) is 21.9. The van der Waals surface area contributed by atoms with Gasteiger partial charge < -0.3 is 84.7 Å². The highest BCUT2D eigenvalue weighted by Crippen LogP contribution is 2.61. The summed E-state index contributed by atoms with van der Waals surface area (Å²) in [6, 6.07) is 17.5. The van der Waals surface area contributed by atoms with Gasteiger partial charge in [-0.1, -0.05) is 43.3 Å². The maximum atomic E-state index is 16.8. The Morgan fingerprint density at radius 3 is 1.90 bits per heavy atom. The maximum absolute atomic E-state index is 16.8. The second-order valence-corrected chi connectivity index (χ2v) is 22.2. The van der Waals surface area contributed by atoms with E-state index in [-0.39, 0.29) is 43.1 Å². The molecular weight excluding hydrogens is 900 g/mol. The Balaban J connectivity index is 1.10. The van der Waals surface area contributed by atoms with Crippen molar-refractivity contribution in [3.05, 3.63) is 89.0 Å². The van der Waals surface area contributed by atoms with Crippen molar-refractivity contribution in [3.8, 4) is 0 Å². The Bertz CT molecular complexity index is 2380. The summed E-state index contributed by atoms with van der Waals surface area (Å²) in [5.74, 6) is -3.87. The number of carbonyl (C=O) groups is 4. The molecule has 8 rings (SSSR count). The van der Waals surface area contributed by atoms with Crippen LogP contribution in [0.4, 0.5) is 21.2 Å². The second kappa shape index (κ2) is 18.6. The summed E-state index contributed by atoms with van der Waals surface area (Å²) in [7, 11) is -3.82. The van der Waals surface area contributed by atoms with E-state index in [2.05, 4.69) is 10.6 Å². The largest absolute Gasteiger partial charge is 0.394 e. The van der Waals surface area contributed by atoms with Gasteiger partial charge in [0.1, 0.15) is 36.6 Å². The van der Waals surface area contributed by atoms with E-state index in [4.69, 9.17) is 14.2 Å². The van der Waals surface area contributed by atoms with Crippen LogP contribution in [-0.4, -0.2) is 163 Å². The first kappa shape index (κ1) is 48.7. The first-order chi connectivity index (χ1) is 31.7. The highest BCUT2D eigenvalue weighted by molar-refractivity contribution is 6.72. The van der Waals surface area contributed by atoms with E-state index in [9.17, 15) is 60.3 Å². The minimum Gasteiger partial charge on any atom is -0.394 e. The van der Waals surface area contributed by atoms with Gasteiger partial charge >= 0.3 is 0 Å². The van der Waals surface area contributed by atoms with Gasteiger partial charge in [0, 0.05) is 34.9 Å². The van der Waals surface area contributed by atoms with E-state index < -0.39 is 123 Å². The maximum Gasteiger partial charge on any atom is 0.264 e. The molecule has 0 bridgehead atoms. The fraction of sp³-hybridized carbons (Fsp3) is 0.511. The van der Waals surface area contributed by atoms with Gasteiger partial charge in [0.2, 0.25) is 14.3 Å². The van der Waals surface area contributed by atoms with Gasteiger partial charge in [0.15, 0.2) is 30.4 Å². The molecular formula is C45H55FN4O16Si. The molecule has 11 N–H and O–H groups in total. The standard InChI is InChI=1S/C45H55FN4O16Si/c1-20-39(67(2,3)46)29(16-30(52)49-18-23-7-5-4-6-22(23)14-26(49)19-51)66-45(20)27-15-25(48-41(60)38-34(56)32(54)36(58)43(62)65-38)12-13-28(27)50(44(45)63)17-21-8-10-24(11-9-21)47-40(59)37-33(55)31(53)35(57)42(61)64-37/h4-13,15,20,26,29,31-39,42-43,51,53-58,61-62H,14,16-19H2,1-3H3,(H,47,59)(H,48,60)/t20-,26-,29+,31-,32-,33-,34-,35+,36+,37-,38-,39-,42+,43+,45+/m0/s1. The lowest BCUT2D eigenvalue weighted by atomic mass is 9.82. The van der Waals surface area contributed by atoms with Crippen LogP contribution >= 0.6 is 0 Å². The van der Waals surface area contributed by atoms with E-state index >= 15 is 8.90 Å². The molecule has 3 saturated heterocycles. The van der Waals surface area contributed by atoms with E-state index in [0.29, 0.717) is 17.7 Å². The van der Waals surface area contributed by atoms with Gasteiger partial charge in [0.25, 0.3) is 17.7 Å². The van der Waals surface area contributed by atoms with Crippen LogP contribution in [0, 0.1) is 5.92 Å². The van der Waals surface area contributed by atoms with Crippen LogP contribution in [0.1, 0.15) is 35.6 Å². The Hall–Kier alpha value is -4.79. The monoisotopic (exact) mass is 954 g/mol. The van der Waals surface area contributed by atoms with Crippen LogP contribution in [-0.2, 0) is 58.5 Å². The normalized spacial score (nSPS) is 35.0. The predicted octanol–water partition coefficient (Wildman–Crippen LogP) is -1.18. The van der Waals surface area contributed by atoms with E-state index in [0.717, 1.165) is 11.1 Å². The molecule has 3 aromatic rings. The molecule has 22 heteroatoms. The first-order valence-corrected chi connectivity index (χ1v) is 24.9. The van der Waals surface area contributed by atoms with Gasteiger partial charge in [-0.2, -0.15) is 0 Å². The average Bonchev–Trinajstić information content (AvgIpc) is 3.72. The third-order valence-corrected chi connectivity index (χ3v) is 16.2. The van der Waals surface area contributed by atoms with Crippen LogP contribution in [0.25, 0.3) is 0 Å². The number of aliphatic hydroxyl groups excluding tert-OH is 9. The van der Waals surface area contributed by atoms with Gasteiger partial charge in [-0.3, -0.25) is 19.2 Å². The number of benzene rings is 3. The third-order valence-electron chi connectivity index (χ3n) is 13.7. The van der Waals surface area contributed by atoms with Gasteiger partial charge in [-0.15, -0.1) is 0 Å². The molecule has 5 aliphatic rings. The summed E-state index contributed by atoms with van der Waals surface area (Å²) in [6.07, 6.45) is -19.9.